The second kappa shape index (κ2) is 4.28. The maximum absolute atomic E-state index is 11.8. The van der Waals surface area contributed by atoms with Crippen LogP contribution in [-0.2, 0) is 6.42 Å². The summed E-state index contributed by atoms with van der Waals surface area (Å²) in [6.07, 6.45) is 3.28. The summed E-state index contributed by atoms with van der Waals surface area (Å²) in [7, 11) is 0. The Balaban J connectivity index is 1.99. The molecular weight excluding hydrogens is 212 g/mol. The summed E-state index contributed by atoms with van der Waals surface area (Å²) >= 11 is 1.46. The van der Waals surface area contributed by atoms with Gasteiger partial charge in [-0.15, -0.1) is 11.3 Å². The van der Waals surface area contributed by atoms with E-state index in [-0.39, 0.29) is 12.0 Å². The van der Waals surface area contributed by atoms with Crippen molar-refractivity contribution in [2.45, 2.75) is 25.9 Å². The van der Waals surface area contributed by atoms with Crippen molar-refractivity contribution in [3.05, 3.63) is 16.1 Å². The number of hydrogen-bond donors (Lipinski definition) is 1. The van der Waals surface area contributed by atoms with Crippen LogP contribution in [0.25, 0.3) is 0 Å². The van der Waals surface area contributed by atoms with Crippen LogP contribution in [0, 0.1) is 0 Å². The van der Waals surface area contributed by atoms with Gasteiger partial charge in [-0.05, 0) is 12.8 Å². The molecule has 2 rings (SSSR count). The van der Waals surface area contributed by atoms with E-state index in [1.54, 1.807) is 11.1 Å². The van der Waals surface area contributed by atoms with Gasteiger partial charge in [-0.1, -0.05) is 6.92 Å². The Hall–Kier alpha value is -0.940. The topological polar surface area (TPSA) is 53.4 Å². The summed E-state index contributed by atoms with van der Waals surface area (Å²) in [6, 6.07) is 0. The van der Waals surface area contributed by atoms with Crippen LogP contribution >= 0.6 is 11.3 Å². The summed E-state index contributed by atoms with van der Waals surface area (Å²) in [6.45, 7) is 3.01. The molecule has 1 aliphatic heterocycles. The Morgan fingerprint density at radius 1 is 1.73 bits per heavy atom. The van der Waals surface area contributed by atoms with E-state index in [4.69, 9.17) is 5.11 Å². The molecule has 1 saturated heterocycles. The van der Waals surface area contributed by atoms with Crippen LogP contribution in [0.15, 0.2) is 6.20 Å². The van der Waals surface area contributed by atoms with Crippen LogP contribution in [0.4, 0.5) is 0 Å². The number of carbonyl (C=O) groups is 1. The highest BCUT2D eigenvalue weighted by molar-refractivity contribution is 7.13. The zero-order valence-electron chi connectivity index (χ0n) is 8.64. The van der Waals surface area contributed by atoms with Gasteiger partial charge in [-0.2, -0.15) is 0 Å². The number of β-amino-alcohol motifs (C(OH)–C–C–N with tert-alkyl or cyclic N) is 1. The third-order valence-electron chi connectivity index (χ3n) is 2.38. The molecule has 5 heteroatoms. The zero-order chi connectivity index (χ0) is 10.8. The molecule has 2 heterocycles. The smallest absolute Gasteiger partial charge is 0.265 e. The molecule has 15 heavy (non-hydrogen) atoms. The van der Waals surface area contributed by atoms with Gasteiger partial charge in [-0.25, -0.2) is 4.98 Å². The lowest BCUT2D eigenvalue weighted by Crippen LogP contribution is -2.53. The molecule has 1 aliphatic rings. The molecule has 0 spiro atoms. The zero-order valence-corrected chi connectivity index (χ0v) is 9.46. The van der Waals surface area contributed by atoms with Crippen molar-refractivity contribution in [2.75, 3.05) is 13.1 Å². The van der Waals surface area contributed by atoms with Crippen LogP contribution in [0.5, 0.6) is 0 Å². The molecule has 1 amide bonds. The predicted octanol–water partition coefficient (Wildman–Crippen LogP) is 0.912. The fourth-order valence-electron chi connectivity index (χ4n) is 1.52. The predicted molar refractivity (Wildman–Crippen MR) is 58.0 cm³/mol. The maximum Gasteiger partial charge on any atom is 0.265 e. The van der Waals surface area contributed by atoms with Crippen molar-refractivity contribution in [3.8, 4) is 0 Å². The largest absolute Gasteiger partial charge is 0.389 e. The highest BCUT2D eigenvalue weighted by Crippen LogP contribution is 2.19. The lowest BCUT2D eigenvalue weighted by Gasteiger charge is -2.35. The SMILES string of the molecule is CCCc1ncc(C(=O)N2CC(O)C2)s1. The van der Waals surface area contributed by atoms with E-state index >= 15 is 0 Å². The van der Waals surface area contributed by atoms with Crippen molar-refractivity contribution in [1.82, 2.24) is 9.88 Å². The van der Waals surface area contributed by atoms with Crippen LogP contribution < -0.4 is 0 Å². The minimum atomic E-state index is -0.336. The van der Waals surface area contributed by atoms with Crippen molar-refractivity contribution < 1.29 is 9.90 Å². The minimum absolute atomic E-state index is 0.000142. The molecule has 1 N–H and O–H groups in total. The number of aromatic nitrogens is 1. The molecule has 0 unspecified atom stereocenters. The van der Waals surface area contributed by atoms with Gasteiger partial charge in [0.15, 0.2) is 0 Å². The first-order valence-corrected chi connectivity index (χ1v) is 5.94. The number of amides is 1. The molecule has 0 saturated carbocycles. The van der Waals surface area contributed by atoms with Crippen LogP contribution in [0.2, 0.25) is 0 Å². The summed E-state index contributed by atoms with van der Waals surface area (Å²) in [4.78, 5) is 18.3. The molecule has 0 aliphatic carbocycles. The van der Waals surface area contributed by atoms with E-state index in [2.05, 4.69) is 11.9 Å². The number of rotatable bonds is 3. The molecule has 4 nitrogen and oxygen atoms in total. The molecule has 0 atom stereocenters. The van der Waals surface area contributed by atoms with E-state index in [0.29, 0.717) is 18.0 Å². The van der Waals surface area contributed by atoms with E-state index in [1.807, 2.05) is 0 Å². The molecule has 0 aromatic carbocycles. The molecule has 0 radical (unpaired) electrons. The number of aliphatic hydroxyl groups excluding tert-OH is 1. The van der Waals surface area contributed by atoms with Gasteiger partial charge in [0.25, 0.3) is 5.91 Å². The van der Waals surface area contributed by atoms with Gasteiger partial charge < -0.3 is 10.0 Å². The standard InChI is InChI=1S/C10H14N2O2S/c1-2-3-9-11-4-8(15-9)10(14)12-5-7(13)6-12/h4,7,13H,2-3,5-6H2,1H3. The number of aryl methyl sites for hydroxylation is 1. The number of hydrogen-bond acceptors (Lipinski definition) is 4. The first-order chi connectivity index (χ1) is 7.20. The normalized spacial score (nSPS) is 16.5. The van der Waals surface area contributed by atoms with Crippen molar-refractivity contribution in [2.24, 2.45) is 0 Å². The van der Waals surface area contributed by atoms with E-state index in [0.717, 1.165) is 17.8 Å². The Morgan fingerprint density at radius 3 is 3.07 bits per heavy atom. The van der Waals surface area contributed by atoms with E-state index in [1.165, 1.54) is 11.3 Å². The van der Waals surface area contributed by atoms with Crippen molar-refractivity contribution >= 4 is 17.2 Å². The minimum Gasteiger partial charge on any atom is -0.389 e. The third-order valence-corrected chi connectivity index (χ3v) is 3.42. The summed E-state index contributed by atoms with van der Waals surface area (Å²) in [5.41, 5.74) is 0. The fraction of sp³-hybridized carbons (Fsp3) is 0.600. The highest BCUT2D eigenvalue weighted by Gasteiger charge is 2.30. The quantitative estimate of drug-likeness (QED) is 0.833. The second-order valence-corrected chi connectivity index (χ2v) is 4.85. The van der Waals surface area contributed by atoms with Gasteiger partial charge in [0, 0.05) is 13.1 Å². The summed E-state index contributed by atoms with van der Waals surface area (Å²) in [5, 5.41) is 10.1. The molecule has 1 aromatic rings. The molecule has 1 fully saturated rings. The van der Waals surface area contributed by atoms with Gasteiger partial charge in [-0.3, -0.25) is 4.79 Å². The Labute approximate surface area is 92.6 Å². The van der Waals surface area contributed by atoms with Crippen LogP contribution in [0.3, 0.4) is 0 Å². The average molecular weight is 226 g/mol. The van der Waals surface area contributed by atoms with Gasteiger partial charge in [0.2, 0.25) is 0 Å². The van der Waals surface area contributed by atoms with Crippen molar-refractivity contribution in [1.29, 1.82) is 0 Å². The Bertz CT molecular complexity index is 358. The average Bonchev–Trinajstić information content (AvgIpc) is 2.61. The van der Waals surface area contributed by atoms with Crippen LogP contribution in [0.1, 0.15) is 28.0 Å². The molecular formula is C10H14N2O2S. The van der Waals surface area contributed by atoms with E-state index < -0.39 is 0 Å². The molecule has 82 valence electrons. The first-order valence-electron chi connectivity index (χ1n) is 5.12. The van der Waals surface area contributed by atoms with Gasteiger partial charge in [0.05, 0.1) is 17.3 Å². The summed E-state index contributed by atoms with van der Waals surface area (Å²) in [5.74, 6) is 0.000142. The fourth-order valence-corrected chi connectivity index (χ4v) is 2.50. The first kappa shape index (κ1) is 10.6. The van der Waals surface area contributed by atoms with Gasteiger partial charge in [0.1, 0.15) is 4.88 Å². The second-order valence-electron chi connectivity index (χ2n) is 3.73. The highest BCUT2D eigenvalue weighted by atomic mass is 32.1. The number of nitrogens with zero attached hydrogens (tertiary/aromatic N) is 2. The molecule has 0 bridgehead atoms. The number of aliphatic hydroxyl groups is 1. The monoisotopic (exact) mass is 226 g/mol. The number of thiazole rings is 1. The van der Waals surface area contributed by atoms with Crippen molar-refractivity contribution in [3.63, 3.8) is 0 Å². The number of likely N-dealkylation sites (tertiary alicyclic amines) is 1. The lowest BCUT2D eigenvalue weighted by molar-refractivity contribution is 0.00621. The Morgan fingerprint density at radius 2 is 2.47 bits per heavy atom. The molecule has 1 aromatic heterocycles. The summed E-state index contributed by atoms with van der Waals surface area (Å²) < 4.78 is 0. The van der Waals surface area contributed by atoms with Gasteiger partial charge >= 0.3 is 0 Å². The third kappa shape index (κ3) is 2.18. The Kier molecular flexibility index (Phi) is 3.02. The lowest BCUT2D eigenvalue weighted by atomic mass is 10.1. The van der Waals surface area contributed by atoms with Crippen LogP contribution in [-0.4, -0.2) is 40.1 Å². The number of carbonyl (C=O) groups excluding carboxylic acids is 1. The van der Waals surface area contributed by atoms with E-state index in [9.17, 15) is 4.79 Å². The maximum atomic E-state index is 11.8.